The Morgan fingerprint density at radius 3 is 1.17 bits per heavy atom. The minimum Gasteiger partial charge on any atom is -0.443 e. The van der Waals surface area contributed by atoms with Gasteiger partial charge in [-0.1, -0.05) is 91.0 Å². The standard InChI is InChI=1S/C15H21NO3.C10H13NO.C10H18O5.C8H11N.C2H3ClO/c1-11(13-9-7-6-8-10-13)16(12(2)17)14(18)19-15(3,4)5;1-8(11-9(2)12)10-6-4-3-5-7-10;1-9(2,3)14-7(11)13-8(12)15-10(4,5)6;1-7(9)8-5-3-2-4-6-8;1-2(3)4/h6-11H,1-5H3;3-8H,1-2H3,(H,11,12);1-6H3;2-7H,9H2,1H3;1H3/t11-;8-;;7-;/m00.0./s1. The summed E-state index contributed by atoms with van der Waals surface area (Å²) < 4.78 is 19.1. The number of imide groups is 1. The van der Waals surface area contributed by atoms with E-state index in [1.165, 1.54) is 26.3 Å². The minimum absolute atomic E-state index is 0.00588. The number of nitrogens with zero attached hydrogens (tertiary/aromatic N) is 1. The van der Waals surface area contributed by atoms with Gasteiger partial charge in [-0.05, 0) is 111 Å². The molecule has 0 unspecified atom stereocenters. The first kappa shape index (κ1) is 55.8. The first-order valence-corrected chi connectivity index (χ1v) is 19.3. The molecule has 3 amide bonds. The molecule has 0 aliphatic heterocycles. The van der Waals surface area contributed by atoms with Gasteiger partial charge in [-0.2, -0.15) is 0 Å². The Balaban J connectivity index is 0. The van der Waals surface area contributed by atoms with E-state index in [9.17, 15) is 28.8 Å². The number of carbonyl (C=O) groups excluding carboxylic acids is 6. The normalized spacial score (nSPS) is 12.0. The minimum atomic E-state index is -1.06. The summed E-state index contributed by atoms with van der Waals surface area (Å²) in [7, 11) is 0. The Hall–Kier alpha value is -5.27. The summed E-state index contributed by atoms with van der Waals surface area (Å²) in [4.78, 5) is 66.9. The van der Waals surface area contributed by atoms with Crippen LogP contribution in [0.3, 0.4) is 0 Å². The number of amides is 3. The molecule has 0 bridgehead atoms. The monoisotopic (exact) mass is 843 g/mol. The second kappa shape index (κ2) is 27.4. The second-order valence-corrected chi connectivity index (χ2v) is 16.5. The number of nitrogens with one attached hydrogen (secondary N) is 1. The van der Waals surface area contributed by atoms with Crippen LogP contribution in [0.2, 0.25) is 0 Å². The molecule has 0 fully saturated rings. The lowest BCUT2D eigenvalue weighted by Gasteiger charge is -2.29. The molecule has 13 nitrogen and oxygen atoms in total. The Bertz CT molecular complexity index is 1670. The average Bonchev–Trinajstić information content (AvgIpc) is 3.07. The van der Waals surface area contributed by atoms with Gasteiger partial charge in [0.2, 0.25) is 17.1 Å². The molecule has 0 aromatic heterocycles. The van der Waals surface area contributed by atoms with Gasteiger partial charge in [0.05, 0.1) is 12.1 Å². The van der Waals surface area contributed by atoms with E-state index < -0.39 is 35.2 Å². The Morgan fingerprint density at radius 1 is 0.576 bits per heavy atom. The largest absolute Gasteiger partial charge is 0.519 e. The molecule has 14 heteroatoms. The zero-order chi connectivity index (χ0) is 46.1. The fraction of sp³-hybridized carbons (Fsp3) is 0.467. The van der Waals surface area contributed by atoms with E-state index in [-0.39, 0.29) is 35.2 Å². The number of halogens is 1. The predicted octanol–water partition coefficient (Wildman–Crippen LogP) is 10.8. The lowest BCUT2D eigenvalue weighted by molar-refractivity contribution is -0.130. The van der Waals surface area contributed by atoms with Crippen LogP contribution in [0.5, 0.6) is 0 Å². The molecule has 3 aromatic carbocycles. The van der Waals surface area contributed by atoms with Gasteiger partial charge in [0.25, 0.3) is 0 Å². The molecule has 3 rings (SSSR count). The highest BCUT2D eigenvalue weighted by Gasteiger charge is 2.30. The fourth-order valence-corrected chi connectivity index (χ4v) is 4.25. The lowest BCUT2D eigenvalue weighted by Crippen LogP contribution is -2.41. The van der Waals surface area contributed by atoms with Crippen molar-refractivity contribution < 1.29 is 47.7 Å². The van der Waals surface area contributed by atoms with Crippen molar-refractivity contribution in [1.82, 2.24) is 10.2 Å². The van der Waals surface area contributed by atoms with Gasteiger partial charge in [0.1, 0.15) is 16.8 Å². The molecule has 3 aromatic rings. The predicted molar refractivity (Wildman–Crippen MR) is 231 cm³/mol. The summed E-state index contributed by atoms with van der Waals surface area (Å²) in [5.41, 5.74) is 6.82. The molecule has 3 atom stereocenters. The molecule has 59 heavy (non-hydrogen) atoms. The highest BCUT2D eigenvalue weighted by Crippen LogP contribution is 2.23. The van der Waals surface area contributed by atoms with Crippen molar-refractivity contribution in [3.05, 3.63) is 108 Å². The van der Waals surface area contributed by atoms with E-state index in [4.69, 9.17) is 19.9 Å². The van der Waals surface area contributed by atoms with E-state index in [2.05, 4.69) is 21.7 Å². The molecule has 0 saturated carbocycles. The zero-order valence-electron chi connectivity index (χ0n) is 37.4. The third-order valence-corrected chi connectivity index (χ3v) is 6.59. The Morgan fingerprint density at radius 2 is 0.898 bits per heavy atom. The first-order chi connectivity index (χ1) is 27.0. The van der Waals surface area contributed by atoms with Crippen LogP contribution in [-0.4, -0.2) is 57.2 Å². The number of hydrogen-bond donors (Lipinski definition) is 2. The number of nitrogens with two attached hydrogens (primary N) is 1. The van der Waals surface area contributed by atoms with Crippen LogP contribution < -0.4 is 11.1 Å². The van der Waals surface area contributed by atoms with Gasteiger partial charge in [-0.15, -0.1) is 0 Å². The average molecular weight is 844 g/mol. The van der Waals surface area contributed by atoms with Gasteiger partial charge in [-0.25, -0.2) is 19.3 Å². The van der Waals surface area contributed by atoms with Crippen LogP contribution in [0.4, 0.5) is 14.4 Å². The number of ether oxygens (including phenoxy) is 4. The van der Waals surface area contributed by atoms with Crippen LogP contribution >= 0.6 is 11.6 Å². The van der Waals surface area contributed by atoms with E-state index in [1.807, 2.05) is 105 Å². The maximum absolute atomic E-state index is 12.1. The van der Waals surface area contributed by atoms with E-state index in [0.717, 1.165) is 16.0 Å². The van der Waals surface area contributed by atoms with Crippen molar-refractivity contribution in [3.8, 4) is 0 Å². The molecule has 0 aliphatic carbocycles. The summed E-state index contributed by atoms with van der Waals surface area (Å²) in [6.07, 6.45) is -2.73. The fourth-order valence-electron chi connectivity index (χ4n) is 4.25. The number of rotatable bonds is 5. The van der Waals surface area contributed by atoms with Crippen molar-refractivity contribution in [2.45, 2.75) is 139 Å². The first-order valence-electron chi connectivity index (χ1n) is 19.0. The third-order valence-electron chi connectivity index (χ3n) is 6.59. The zero-order valence-corrected chi connectivity index (χ0v) is 38.1. The summed E-state index contributed by atoms with van der Waals surface area (Å²) in [5.74, 6) is -0.322. The number of carbonyl (C=O) groups is 6. The van der Waals surface area contributed by atoms with Gasteiger partial charge in [-0.3, -0.25) is 14.4 Å². The van der Waals surface area contributed by atoms with Crippen LogP contribution in [0, 0.1) is 0 Å². The van der Waals surface area contributed by atoms with Gasteiger partial charge in [0.15, 0.2) is 0 Å². The maximum atomic E-state index is 12.1. The molecule has 3 N–H and O–H groups in total. The van der Waals surface area contributed by atoms with Crippen molar-refractivity contribution in [3.63, 3.8) is 0 Å². The molecule has 0 spiro atoms. The third kappa shape index (κ3) is 31.4. The Labute approximate surface area is 356 Å². The van der Waals surface area contributed by atoms with Crippen LogP contribution in [0.15, 0.2) is 91.0 Å². The molecule has 0 aliphatic rings. The molecular weight excluding hydrogens is 778 g/mol. The molecular formula is C45H66ClN3O10. The van der Waals surface area contributed by atoms with Gasteiger partial charge >= 0.3 is 18.4 Å². The summed E-state index contributed by atoms with van der Waals surface area (Å²) >= 11 is 4.64. The lowest BCUT2D eigenvalue weighted by atomic mass is 10.1. The highest BCUT2D eigenvalue weighted by atomic mass is 35.5. The highest BCUT2D eigenvalue weighted by molar-refractivity contribution is 6.62. The van der Waals surface area contributed by atoms with Crippen molar-refractivity contribution in [2.24, 2.45) is 5.73 Å². The van der Waals surface area contributed by atoms with Crippen molar-refractivity contribution in [2.75, 3.05) is 0 Å². The summed E-state index contributed by atoms with van der Waals surface area (Å²) in [6.45, 7) is 25.3. The van der Waals surface area contributed by atoms with Crippen LogP contribution in [-0.2, 0) is 33.3 Å². The topological polar surface area (TPSA) is 181 Å². The molecule has 0 saturated heterocycles. The summed E-state index contributed by atoms with van der Waals surface area (Å²) in [6, 6.07) is 29.3. The van der Waals surface area contributed by atoms with Gasteiger partial charge < -0.3 is 30.0 Å². The molecule has 0 heterocycles. The number of benzene rings is 3. The maximum Gasteiger partial charge on any atom is 0.519 e. The van der Waals surface area contributed by atoms with E-state index >= 15 is 0 Å². The summed E-state index contributed by atoms with van der Waals surface area (Å²) in [5, 5.41) is 2.46. The molecule has 0 radical (unpaired) electrons. The van der Waals surface area contributed by atoms with E-state index in [1.54, 1.807) is 69.2 Å². The number of hydrogen-bond acceptors (Lipinski definition) is 11. The van der Waals surface area contributed by atoms with Gasteiger partial charge in [0, 0.05) is 26.8 Å². The van der Waals surface area contributed by atoms with Crippen molar-refractivity contribution in [1.29, 1.82) is 0 Å². The molecule has 328 valence electrons. The smallest absolute Gasteiger partial charge is 0.443 e. The van der Waals surface area contributed by atoms with Crippen molar-refractivity contribution >= 4 is 47.1 Å². The Kier molecular flexibility index (Phi) is 25.9. The quantitative estimate of drug-likeness (QED) is 0.108. The van der Waals surface area contributed by atoms with Crippen LogP contribution in [0.1, 0.15) is 139 Å². The van der Waals surface area contributed by atoms with E-state index in [0.29, 0.717) is 0 Å². The second-order valence-electron chi connectivity index (χ2n) is 16.0. The van der Waals surface area contributed by atoms with Crippen LogP contribution in [0.25, 0.3) is 0 Å². The SMILES string of the molecule is CC(=O)Cl.CC(=O)N(C(=O)OC(C)(C)C)[C@@H](C)c1ccccc1.CC(=O)N[C@@H](C)c1ccccc1.CC(C)(C)OC(=O)OC(=O)OC(C)(C)C.C[C@H](N)c1ccccc1.